The summed E-state index contributed by atoms with van der Waals surface area (Å²) < 4.78 is 0. The van der Waals surface area contributed by atoms with Crippen molar-refractivity contribution in [3.05, 3.63) is 74.8 Å². The molecule has 0 saturated carbocycles. The summed E-state index contributed by atoms with van der Waals surface area (Å²) in [4.78, 5) is 38.0. The molecular weight excluding hydrogens is 458 g/mol. The lowest BCUT2D eigenvalue weighted by Gasteiger charge is -2.51. The Bertz CT molecular complexity index is 1090. The third-order valence-electron chi connectivity index (χ3n) is 6.90. The molecule has 0 aromatic heterocycles. The molecule has 8 nitrogen and oxygen atoms in total. The predicted molar refractivity (Wildman–Crippen MR) is 130 cm³/mol. The van der Waals surface area contributed by atoms with Crippen molar-refractivity contribution in [2.24, 2.45) is 11.3 Å². The SMILES string of the molecule is CC(NC(=O)c1cccc([N+](=O)[O-])c1)[C@@H](C)C(=O)N1CC[C@](O)(c2ccc(Cl)cc2)C(C)(C)C1. The fourth-order valence-electron chi connectivity index (χ4n) is 4.45. The molecule has 1 aliphatic rings. The fraction of sp³-hybridized carbons (Fsp3) is 0.440. The number of hydrogen-bond donors (Lipinski definition) is 2. The van der Waals surface area contributed by atoms with Crippen LogP contribution in [0.25, 0.3) is 0 Å². The lowest BCUT2D eigenvalue weighted by atomic mass is 9.66. The van der Waals surface area contributed by atoms with Gasteiger partial charge < -0.3 is 15.3 Å². The zero-order chi connectivity index (χ0) is 25.3. The van der Waals surface area contributed by atoms with Crippen molar-refractivity contribution < 1.29 is 19.6 Å². The van der Waals surface area contributed by atoms with E-state index in [1.54, 1.807) is 30.9 Å². The van der Waals surface area contributed by atoms with Crippen LogP contribution in [-0.2, 0) is 10.4 Å². The maximum atomic E-state index is 13.3. The van der Waals surface area contributed by atoms with Gasteiger partial charge in [-0.3, -0.25) is 19.7 Å². The van der Waals surface area contributed by atoms with Crippen LogP contribution in [0, 0.1) is 21.4 Å². The van der Waals surface area contributed by atoms with Gasteiger partial charge in [-0.25, -0.2) is 0 Å². The maximum absolute atomic E-state index is 13.3. The van der Waals surface area contributed by atoms with Crippen LogP contribution in [0.4, 0.5) is 5.69 Å². The van der Waals surface area contributed by atoms with Crippen molar-refractivity contribution in [2.45, 2.75) is 45.8 Å². The van der Waals surface area contributed by atoms with Gasteiger partial charge in [-0.2, -0.15) is 0 Å². The number of non-ortho nitro benzene ring substituents is 1. The molecule has 1 fully saturated rings. The lowest BCUT2D eigenvalue weighted by molar-refractivity contribution is -0.384. The summed E-state index contributed by atoms with van der Waals surface area (Å²) in [6.45, 7) is 8.06. The van der Waals surface area contributed by atoms with E-state index in [4.69, 9.17) is 11.6 Å². The highest BCUT2D eigenvalue weighted by molar-refractivity contribution is 6.30. The summed E-state index contributed by atoms with van der Waals surface area (Å²) in [5.74, 6) is -1.13. The van der Waals surface area contributed by atoms with Gasteiger partial charge in [-0.1, -0.05) is 50.6 Å². The van der Waals surface area contributed by atoms with Gasteiger partial charge in [-0.15, -0.1) is 0 Å². The van der Waals surface area contributed by atoms with Gasteiger partial charge in [0.1, 0.15) is 0 Å². The third-order valence-corrected chi connectivity index (χ3v) is 7.15. The van der Waals surface area contributed by atoms with Gasteiger partial charge in [-0.05, 0) is 37.1 Å². The molecule has 182 valence electrons. The number of benzene rings is 2. The summed E-state index contributed by atoms with van der Waals surface area (Å²) in [5, 5.41) is 25.9. The number of amides is 2. The highest BCUT2D eigenvalue weighted by Crippen LogP contribution is 2.46. The van der Waals surface area contributed by atoms with Gasteiger partial charge in [0.05, 0.1) is 16.4 Å². The third kappa shape index (κ3) is 5.08. The van der Waals surface area contributed by atoms with E-state index >= 15 is 0 Å². The molecule has 0 bridgehead atoms. The molecule has 1 saturated heterocycles. The first-order chi connectivity index (χ1) is 15.9. The molecule has 3 atom stereocenters. The Labute approximate surface area is 204 Å². The Morgan fingerprint density at radius 2 is 1.82 bits per heavy atom. The summed E-state index contributed by atoms with van der Waals surface area (Å²) in [7, 11) is 0. The molecule has 0 spiro atoms. The molecule has 2 amide bonds. The Kier molecular flexibility index (Phi) is 7.33. The van der Waals surface area contributed by atoms with E-state index in [1.165, 1.54) is 24.3 Å². The van der Waals surface area contributed by atoms with Gasteiger partial charge >= 0.3 is 0 Å². The number of nitrogens with one attached hydrogen (secondary N) is 1. The highest BCUT2D eigenvalue weighted by atomic mass is 35.5. The molecule has 0 radical (unpaired) electrons. The molecule has 3 rings (SSSR count). The van der Waals surface area contributed by atoms with Crippen molar-refractivity contribution in [1.82, 2.24) is 10.2 Å². The van der Waals surface area contributed by atoms with Crippen LogP contribution in [-0.4, -0.2) is 45.9 Å². The van der Waals surface area contributed by atoms with Crippen molar-refractivity contribution in [2.75, 3.05) is 13.1 Å². The Morgan fingerprint density at radius 1 is 1.18 bits per heavy atom. The monoisotopic (exact) mass is 487 g/mol. The first-order valence-electron chi connectivity index (χ1n) is 11.2. The van der Waals surface area contributed by atoms with Crippen molar-refractivity contribution in [1.29, 1.82) is 0 Å². The molecular formula is C25H30ClN3O5. The number of aliphatic hydroxyl groups is 1. The topological polar surface area (TPSA) is 113 Å². The second kappa shape index (κ2) is 9.72. The number of halogens is 1. The predicted octanol–water partition coefficient (Wildman–Crippen LogP) is 4.15. The standard InChI is InChI=1S/C25H30ClN3O5/c1-16(17(2)27-22(30)18-6-5-7-21(14-18)29(33)34)23(31)28-13-12-25(32,24(3,4)15-28)19-8-10-20(26)11-9-19/h5-11,14,16-17,32H,12-13,15H2,1-4H3,(H,27,30)/t16-,17?,25+/m1/s1. The number of hydrogen-bond acceptors (Lipinski definition) is 5. The minimum Gasteiger partial charge on any atom is -0.384 e. The molecule has 0 aliphatic carbocycles. The van der Waals surface area contributed by atoms with Crippen LogP contribution >= 0.6 is 11.6 Å². The molecule has 2 aromatic carbocycles. The minimum atomic E-state index is -1.11. The largest absolute Gasteiger partial charge is 0.384 e. The number of likely N-dealkylation sites (tertiary alicyclic amines) is 1. The molecule has 34 heavy (non-hydrogen) atoms. The van der Waals surface area contributed by atoms with E-state index in [9.17, 15) is 24.8 Å². The van der Waals surface area contributed by atoms with Gasteiger partial charge in [0, 0.05) is 47.3 Å². The van der Waals surface area contributed by atoms with Crippen LogP contribution in [0.1, 0.15) is 50.0 Å². The van der Waals surface area contributed by atoms with E-state index in [0.717, 1.165) is 5.56 Å². The highest BCUT2D eigenvalue weighted by Gasteiger charge is 2.50. The first-order valence-corrected chi connectivity index (χ1v) is 11.6. The first kappa shape index (κ1) is 25.6. The van der Waals surface area contributed by atoms with Crippen LogP contribution in [0.3, 0.4) is 0 Å². The van der Waals surface area contributed by atoms with E-state index in [1.807, 2.05) is 26.0 Å². The van der Waals surface area contributed by atoms with Gasteiger partial charge in [0.25, 0.3) is 11.6 Å². The number of nitro groups is 1. The summed E-state index contributed by atoms with van der Waals surface area (Å²) in [6, 6.07) is 12.1. The Balaban J connectivity index is 1.67. The zero-order valence-corrected chi connectivity index (χ0v) is 20.5. The van der Waals surface area contributed by atoms with Crippen LogP contribution < -0.4 is 5.32 Å². The van der Waals surface area contributed by atoms with E-state index in [2.05, 4.69) is 5.32 Å². The van der Waals surface area contributed by atoms with Crippen LogP contribution in [0.15, 0.2) is 48.5 Å². The number of nitrogens with zero attached hydrogens (tertiary/aromatic N) is 2. The normalized spacial score (nSPS) is 21.4. The average molecular weight is 488 g/mol. The smallest absolute Gasteiger partial charge is 0.270 e. The van der Waals surface area contributed by atoms with E-state index < -0.39 is 33.8 Å². The number of piperidine rings is 1. The van der Waals surface area contributed by atoms with Crippen molar-refractivity contribution in [3.8, 4) is 0 Å². The number of nitro benzene ring substituents is 1. The fourth-order valence-corrected chi connectivity index (χ4v) is 4.57. The number of carbonyl (C=O) groups is 2. The molecule has 2 aromatic rings. The molecule has 1 heterocycles. The maximum Gasteiger partial charge on any atom is 0.270 e. The summed E-state index contributed by atoms with van der Waals surface area (Å²) in [6.07, 6.45) is 0.370. The molecule has 2 N–H and O–H groups in total. The molecule has 1 aliphatic heterocycles. The van der Waals surface area contributed by atoms with E-state index in [0.29, 0.717) is 24.5 Å². The van der Waals surface area contributed by atoms with Crippen molar-refractivity contribution >= 4 is 29.1 Å². The Hall–Kier alpha value is -2.97. The molecule has 9 heteroatoms. The van der Waals surface area contributed by atoms with Gasteiger partial charge in [0.2, 0.25) is 5.91 Å². The summed E-state index contributed by atoms with van der Waals surface area (Å²) >= 11 is 6.00. The average Bonchev–Trinajstić information content (AvgIpc) is 2.80. The van der Waals surface area contributed by atoms with Crippen molar-refractivity contribution in [3.63, 3.8) is 0 Å². The lowest BCUT2D eigenvalue weighted by Crippen LogP contribution is -2.58. The van der Waals surface area contributed by atoms with Gasteiger partial charge in [0.15, 0.2) is 0 Å². The molecule has 1 unspecified atom stereocenters. The van der Waals surface area contributed by atoms with Crippen LogP contribution in [0.2, 0.25) is 5.02 Å². The minimum absolute atomic E-state index is 0.127. The second-order valence-electron chi connectivity index (χ2n) is 9.62. The number of carbonyl (C=O) groups excluding carboxylic acids is 2. The summed E-state index contributed by atoms with van der Waals surface area (Å²) in [5.41, 5.74) is -0.982. The van der Waals surface area contributed by atoms with E-state index in [-0.39, 0.29) is 17.2 Å². The quantitative estimate of drug-likeness (QED) is 0.469. The second-order valence-corrected chi connectivity index (χ2v) is 10.1. The number of rotatable bonds is 6. The van der Waals surface area contributed by atoms with Crippen LogP contribution in [0.5, 0.6) is 0 Å². The zero-order valence-electron chi connectivity index (χ0n) is 19.7. The Morgan fingerprint density at radius 3 is 2.41 bits per heavy atom.